The van der Waals surface area contributed by atoms with Crippen LogP contribution in [0.1, 0.15) is 25.7 Å². The van der Waals surface area contributed by atoms with E-state index >= 15 is 0 Å². The fraction of sp³-hybridized carbons (Fsp3) is 0.909. The molecule has 7 heteroatoms. The summed E-state index contributed by atoms with van der Waals surface area (Å²) in [6.45, 7) is 1.85. The number of likely N-dealkylation sites (tertiary alicyclic amines) is 1. The molecule has 1 aliphatic heterocycles. The zero-order valence-corrected chi connectivity index (χ0v) is 11.5. The first kappa shape index (κ1) is 13.8. The molecule has 1 unspecified atom stereocenters. The molecule has 1 atom stereocenters. The fourth-order valence-corrected chi connectivity index (χ4v) is 3.10. The van der Waals surface area contributed by atoms with Crippen molar-refractivity contribution in [2.24, 2.45) is 0 Å². The highest BCUT2D eigenvalue weighted by Gasteiger charge is 2.26. The van der Waals surface area contributed by atoms with Crippen molar-refractivity contribution in [2.75, 3.05) is 25.9 Å². The van der Waals surface area contributed by atoms with E-state index in [2.05, 4.69) is 10.0 Å². The lowest BCUT2D eigenvalue weighted by Crippen LogP contribution is -2.50. The smallest absolute Gasteiger partial charge is 0.234 e. The number of carbonyl (C=O) groups is 1. The lowest BCUT2D eigenvalue weighted by Gasteiger charge is -2.32. The summed E-state index contributed by atoms with van der Waals surface area (Å²) in [5.74, 6) is 0.0532. The minimum Gasteiger partial charge on any atom is -0.352 e. The lowest BCUT2D eigenvalue weighted by atomic mass is 10.1. The first-order valence-electron chi connectivity index (χ1n) is 6.41. The van der Waals surface area contributed by atoms with Crippen molar-refractivity contribution in [3.05, 3.63) is 0 Å². The molecule has 0 aromatic rings. The Hall–Kier alpha value is -0.660. The van der Waals surface area contributed by atoms with Crippen LogP contribution in [0.3, 0.4) is 0 Å². The number of nitrogens with one attached hydrogen (secondary N) is 2. The number of carbonyl (C=O) groups excluding carboxylic acids is 1. The summed E-state index contributed by atoms with van der Waals surface area (Å²) < 4.78 is 25.0. The second kappa shape index (κ2) is 5.54. The third-order valence-corrected chi connectivity index (χ3v) is 3.96. The van der Waals surface area contributed by atoms with Crippen LogP contribution in [0.4, 0.5) is 0 Å². The molecule has 0 spiro atoms. The number of nitrogens with zero attached hydrogens (tertiary/aromatic N) is 1. The van der Waals surface area contributed by atoms with E-state index in [1.807, 2.05) is 4.90 Å². The van der Waals surface area contributed by atoms with E-state index in [4.69, 9.17) is 0 Å². The van der Waals surface area contributed by atoms with E-state index in [-0.39, 0.29) is 11.9 Å². The lowest BCUT2D eigenvalue weighted by molar-refractivity contribution is -0.122. The Labute approximate surface area is 108 Å². The number of rotatable bonds is 5. The fourth-order valence-electron chi connectivity index (χ4n) is 2.30. The molecule has 0 aromatic heterocycles. The zero-order valence-electron chi connectivity index (χ0n) is 10.7. The first-order chi connectivity index (χ1) is 8.42. The molecule has 2 aliphatic rings. The van der Waals surface area contributed by atoms with Crippen LogP contribution in [0.15, 0.2) is 0 Å². The topological polar surface area (TPSA) is 78.5 Å². The Bertz CT molecular complexity index is 406. The van der Waals surface area contributed by atoms with Crippen molar-refractivity contribution >= 4 is 15.9 Å². The molecular weight excluding hydrogens is 254 g/mol. The van der Waals surface area contributed by atoms with E-state index < -0.39 is 10.0 Å². The van der Waals surface area contributed by atoms with E-state index in [1.165, 1.54) is 6.26 Å². The minimum atomic E-state index is -3.16. The number of sulfonamides is 1. The Morgan fingerprint density at radius 3 is 2.61 bits per heavy atom. The van der Waals surface area contributed by atoms with Gasteiger partial charge in [0.15, 0.2) is 0 Å². The van der Waals surface area contributed by atoms with Gasteiger partial charge in [-0.1, -0.05) is 0 Å². The predicted molar refractivity (Wildman–Crippen MR) is 68.6 cm³/mol. The maximum absolute atomic E-state index is 11.7. The summed E-state index contributed by atoms with van der Waals surface area (Å²) in [5, 5.41) is 2.94. The molecule has 0 radical (unpaired) electrons. The van der Waals surface area contributed by atoms with Crippen molar-refractivity contribution in [3.8, 4) is 0 Å². The van der Waals surface area contributed by atoms with E-state index in [0.29, 0.717) is 19.1 Å². The van der Waals surface area contributed by atoms with Crippen molar-refractivity contribution in [1.29, 1.82) is 0 Å². The minimum absolute atomic E-state index is 0.0532. The average molecular weight is 275 g/mol. The van der Waals surface area contributed by atoms with Gasteiger partial charge in [-0.2, -0.15) is 0 Å². The number of amides is 1. The maximum atomic E-state index is 11.7. The van der Waals surface area contributed by atoms with E-state index in [0.717, 1.165) is 32.2 Å². The number of hydrogen-bond donors (Lipinski definition) is 2. The van der Waals surface area contributed by atoms with Gasteiger partial charge >= 0.3 is 0 Å². The van der Waals surface area contributed by atoms with Crippen LogP contribution in [0.25, 0.3) is 0 Å². The summed E-state index contributed by atoms with van der Waals surface area (Å²) in [4.78, 5) is 13.7. The summed E-state index contributed by atoms with van der Waals surface area (Å²) in [6.07, 6.45) is 5.11. The molecule has 2 N–H and O–H groups in total. The molecule has 18 heavy (non-hydrogen) atoms. The largest absolute Gasteiger partial charge is 0.352 e. The second-order valence-corrected chi connectivity index (χ2v) is 7.09. The number of hydrogen-bond acceptors (Lipinski definition) is 4. The zero-order chi connectivity index (χ0) is 13.2. The van der Waals surface area contributed by atoms with Crippen LogP contribution in [-0.4, -0.2) is 57.2 Å². The Morgan fingerprint density at radius 1 is 1.28 bits per heavy atom. The monoisotopic (exact) mass is 275 g/mol. The SMILES string of the molecule is CS(=O)(=O)NC1CCCN(CC(=O)NC2CC2)C1. The average Bonchev–Trinajstić information content (AvgIpc) is 2.98. The van der Waals surface area contributed by atoms with Gasteiger partial charge < -0.3 is 5.32 Å². The normalized spacial score (nSPS) is 25.9. The van der Waals surface area contributed by atoms with Crippen LogP contribution in [0.5, 0.6) is 0 Å². The van der Waals surface area contributed by atoms with Gasteiger partial charge in [0.2, 0.25) is 15.9 Å². The highest BCUT2D eigenvalue weighted by Crippen LogP contribution is 2.18. The second-order valence-electron chi connectivity index (χ2n) is 5.31. The molecule has 1 amide bonds. The Morgan fingerprint density at radius 2 is 2.00 bits per heavy atom. The van der Waals surface area contributed by atoms with Gasteiger partial charge in [-0.15, -0.1) is 0 Å². The van der Waals surface area contributed by atoms with Crippen molar-refractivity contribution in [2.45, 2.75) is 37.8 Å². The van der Waals surface area contributed by atoms with Crippen molar-refractivity contribution < 1.29 is 13.2 Å². The molecule has 104 valence electrons. The van der Waals surface area contributed by atoms with Crippen molar-refractivity contribution in [3.63, 3.8) is 0 Å². The van der Waals surface area contributed by atoms with Crippen LogP contribution < -0.4 is 10.0 Å². The van der Waals surface area contributed by atoms with Gasteiger partial charge in [-0.3, -0.25) is 9.69 Å². The van der Waals surface area contributed by atoms with E-state index in [1.54, 1.807) is 0 Å². The van der Waals surface area contributed by atoms with Crippen LogP contribution in [0, 0.1) is 0 Å². The highest BCUT2D eigenvalue weighted by molar-refractivity contribution is 7.88. The molecule has 0 aromatic carbocycles. The van der Waals surface area contributed by atoms with Gasteiger partial charge in [0.05, 0.1) is 12.8 Å². The maximum Gasteiger partial charge on any atom is 0.234 e. The van der Waals surface area contributed by atoms with Gasteiger partial charge in [0.1, 0.15) is 0 Å². The molecule has 6 nitrogen and oxygen atoms in total. The van der Waals surface area contributed by atoms with Crippen LogP contribution in [-0.2, 0) is 14.8 Å². The number of piperidine rings is 1. The molecule has 0 bridgehead atoms. The Kier molecular flexibility index (Phi) is 4.24. The third-order valence-electron chi connectivity index (χ3n) is 3.20. The van der Waals surface area contributed by atoms with E-state index in [9.17, 15) is 13.2 Å². The molecule has 1 saturated carbocycles. The first-order valence-corrected chi connectivity index (χ1v) is 8.30. The van der Waals surface area contributed by atoms with Gasteiger partial charge in [-0.05, 0) is 32.2 Å². The quantitative estimate of drug-likeness (QED) is 0.694. The molecule has 2 rings (SSSR count). The standard InChI is InChI=1S/C11H21N3O3S/c1-18(16,17)13-10-3-2-6-14(7-10)8-11(15)12-9-4-5-9/h9-10,13H,2-8H2,1H3,(H,12,15). The molecule has 1 saturated heterocycles. The van der Waals surface area contributed by atoms with Gasteiger partial charge in [0, 0.05) is 18.6 Å². The van der Waals surface area contributed by atoms with Crippen LogP contribution >= 0.6 is 0 Å². The predicted octanol–water partition coefficient (Wildman–Crippen LogP) is -0.721. The summed E-state index contributed by atoms with van der Waals surface area (Å²) in [5.41, 5.74) is 0. The molecule has 2 fully saturated rings. The highest BCUT2D eigenvalue weighted by atomic mass is 32.2. The molecular formula is C11H21N3O3S. The summed E-state index contributed by atoms with van der Waals surface area (Å²) >= 11 is 0. The summed E-state index contributed by atoms with van der Waals surface area (Å²) in [7, 11) is -3.16. The van der Waals surface area contributed by atoms with Crippen LogP contribution in [0.2, 0.25) is 0 Å². The van der Waals surface area contributed by atoms with Crippen molar-refractivity contribution in [1.82, 2.24) is 14.9 Å². The van der Waals surface area contributed by atoms with Gasteiger partial charge in [0.25, 0.3) is 0 Å². The Balaban J connectivity index is 1.76. The third kappa shape index (κ3) is 4.91. The van der Waals surface area contributed by atoms with Gasteiger partial charge in [-0.25, -0.2) is 13.1 Å². The molecule has 1 aliphatic carbocycles. The molecule has 1 heterocycles. The summed E-state index contributed by atoms with van der Waals surface area (Å²) in [6, 6.07) is 0.315.